The number of methoxy groups -OCH3 is 1. The Balaban J connectivity index is 0.00000364. The second kappa shape index (κ2) is 11.8. The van der Waals surface area contributed by atoms with Crippen LogP contribution in [0.4, 0.5) is 0 Å². The van der Waals surface area contributed by atoms with E-state index in [-0.39, 0.29) is 30.0 Å². The topological polar surface area (TPSA) is 79.6 Å². The summed E-state index contributed by atoms with van der Waals surface area (Å²) in [4.78, 5) is 11.0. The largest absolute Gasteiger partial charge is 0.496 e. The zero-order valence-corrected chi connectivity index (χ0v) is 19.0. The van der Waals surface area contributed by atoms with E-state index in [1.54, 1.807) is 11.8 Å². The van der Waals surface area contributed by atoms with Crippen LogP contribution in [0.1, 0.15) is 24.4 Å². The van der Waals surface area contributed by atoms with Gasteiger partial charge in [0, 0.05) is 25.7 Å². The lowest BCUT2D eigenvalue weighted by Gasteiger charge is -2.27. The van der Waals surface area contributed by atoms with E-state index in [1.165, 1.54) is 6.33 Å². The molecule has 1 unspecified atom stereocenters. The van der Waals surface area contributed by atoms with Gasteiger partial charge in [-0.05, 0) is 27.1 Å². The van der Waals surface area contributed by atoms with Gasteiger partial charge in [-0.15, -0.1) is 24.0 Å². The fourth-order valence-corrected chi connectivity index (χ4v) is 2.66. The van der Waals surface area contributed by atoms with Crippen LogP contribution in [-0.2, 0) is 13.6 Å². The molecule has 2 rings (SSSR count). The molecule has 8 nitrogen and oxygen atoms in total. The molecule has 0 bridgehead atoms. The van der Waals surface area contributed by atoms with Gasteiger partial charge in [-0.2, -0.15) is 5.10 Å². The summed E-state index contributed by atoms with van der Waals surface area (Å²) in [7, 11) is 7.68. The Morgan fingerprint density at radius 1 is 1.30 bits per heavy atom. The number of nitrogens with one attached hydrogen (secondary N) is 2. The summed E-state index contributed by atoms with van der Waals surface area (Å²) in [5.74, 6) is 2.45. The molecule has 2 aromatic rings. The molecule has 1 atom stereocenters. The third-order valence-corrected chi connectivity index (χ3v) is 4.11. The van der Waals surface area contributed by atoms with Crippen molar-refractivity contribution in [1.82, 2.24) is 30.3 Å². The average molecular weight is 487 g/mol. The van der Waals surface area contributed by atoms with Crippen LogP contribution in [0.15, 0.2) is 35.6 Å². The summed E-state index contributed by atoms with van der Waals surface area (Å²) < 4.78 is 7.25. The van der Waals surface area contributed by atoms with Gasteiger partial charge in [0.15, 0.2) is 5.96 Å². The first-order valence-electron chi connectivity index (χ1n) is 8.71. The first-order chi connectivity index (χ1) is 12.6. The van der Waals surface area contributed by atoms with Crippen molar-refractivity contribution in [2.45, 2.75) is 19.5 Å². The van der Waals surface area contributed by atoms with Gasteiger partial charge in [0.25, 0.3) is 0 Å². The Bertz CT molecular complexity index is 717. The van der Waals surface area contributed by atoms with Crippen molar-refractivity contribution in [3.8, 4) is 5.75 Å². The highest BCUT2D eigenvalue weighted by Gasteiger charge is 2.18. The SMILES string of the molecule is CCNC(=NCc1ncnn1C)NCC(c1ccccc1OC)N(C)C.I. The van der Waals surface area contributed by atoms with Gasteiger partial charge in [-0.3, -0.25) is 4.68 Å². The van der Waals surface area contributed by atoms with E-state index >= 15 is 0 Å². The second-order valence-electron chi connectivity index (χ2n) is 6.10. The molecule has 0 radical (unpaired) electrons. The Labute approximate surface area is 178 Å². The Morgan fingerprint density at radius 2 is 2.04 bits per heavy atom. The van der Waals surface area contributed by atoms with Gasteiger partial charge in [-0.1, -0.05) is 18.2 Å². The van der Waals surface area contributed by atoms with Crippen LogP contribution in [0, 0.1) is 0 Å². The number of rotatable bonds is 8. The van der Waals surface area contributed by atoms with Crippen molar-refractivity contribution in [2.24, 2.45) is 12.0 Å². The summed E-state index contributed by atoms with van der Waals surface area (Å²) in [5.41, 5.74) is 1.14. The smallest absolute Gasteiger partial charge is 0.191 e. The van der Waals surface area contributed by atoms with Crippen LogP contribution >= 0.6 is 24.0 Å². The third-order valence-electron chi connectivity index (χ3n) is 4.11. The molecule has 1 aromatic heterocycles. The number of nitrogens with zero attached hydrogens (tertiary/aromatic N) is 5. The maximum absolute atomic E-state index is 5.52. The second-order valence-corrected chi connectivity index (χ2v) is 6.10. The minimum Gasteiger partial charge on any atom is -0.496 e. The van der Waals surface area contributed by atoms with Crippen LogP contribution in [0.5, 0.6) is 5.75 Å². The van der Waals surface area contributed by atoms with Crippen LogP contribution in [0.3, 0.4) is 0 Å². The molecule has 0 amide bonds. The zero-order valence-electron chi connectivity index (χ0n) is 16.6. The Kier molecular flexibility index (Phi) is 10.1. The molecular formula is C18H30IN7O. The molecule has 150 valence electrons. The fourth-order valence-electron chi connectivity index (χ4n) is 2.66. The normalized spacial score (nSPS) is 12.4. The van der Waals surface area contributed by atoms with Gasteiger partial charge in [-0.25, -0.2) is 9.98 Å². The van der Waals surface area contributed by atoms with Gasteiger partial charge >= 0.3 is 0 Å². The molecule has 0 spiro atoms. The first-order valence-corrected chi connectivity index (χ1v) is 8.71. The summed E-state index contributed by atoms with van der Waals surface area (Å²) in [6.07, 6.45) is 1.54. The number of ether oxygens (including phenoxy) is 1. The Hall–Kier alpha value is -1.88. The molecule has 0 saturated heterocycles. The molecular weight excluding hydrogens is 457 g/mol. The molecule has 0 aliphatic carbocycles. The molecule has 0 aliphatic heterocycles. The number of halogens is 1. The summed E-state index contributed by atoms with van der Waals surface area (Å²) in [6, 6.07) is 8.23. The molecule has 0 aliphatic rings. The molecule has 1 aromatic carbocycles. The lowest BCUT2D eigenvalue weighted by molar-refractivity contribution is 0.287. The highest BCUT2D eigenvalue weighted by molar-refractivity contribution is 14.0. The summed E-state index contributed by atoms with van der Waals surface area (Å²) in [6.45, 7) is 3.99. The van der Waals surface area contributed by atoms with E-state index in [0.717, 1.165) is 29.6 Å². The maximum Gasteiger partial charge on any atom is 0.191 e. The minimum absolute atomic E-state index is 0. The highest BCUT2D eigenvalue weighted by atomic mass is 127. The van der Waals surface area contributed by atoms with E-state index in [9.17, 15) is 0 Å². The van der Waals surface area contributed by atoms with Crippen molar-refractivity contribution < 1.29 is 4.74 Å². The van der Waals surface area contributed by atoms with Crippen molar-refractivity contribution in [3.63, 3.8) is 0 Å². The van der Waals surface area contributed by atoms with Crippen LogP contribution < -0.4 is 15.4 Å². The van der Waals surface area contributed by atoms with Crippen molar-refractivity contribution in [3.05, 3.63) is 42.0 Å². The van der Waals surface area contributed by atoms with Gasteiger partial charge in [0.2, 0.25) is 0 Å². The number of aryl methyl sites for hydroxylation is 1. The molecule has 2 N–H and O–H groups in total. The number of aromatic nitrogens is 3. The molecule has 1 heterocycles. The van der Waals surface area contributed by atoms with Gasteiger partial charge in [0.05, 0.1) is 13.2 Å². The van der Waals surface area contributed by atoms with E-state index in [2.05, 4.69) is 50.8 Å². The number of hydrogen-bond donors (Lipinski definition) is 2. The van der Waals surface area contributed by atoms with Crippen LogP contribution in [0.2, 0.25) is 0 Å². The number of likely N-dealkylation sites (N-methyl/N-ethyl adjacent to an activating group) is 1. The first kappa shape index (κ1) is 23.2. The number of benzene rings is 1. The quantitative estimate of drug-likeness (QED) is 0.336. The molecule has 0 fully saturated rings. The zero-order chi connectivity index (χ0) is 18.9. The van der Waals surface area contributed by atoms with Crippen molar-refractivity contribution in [2.75, 3.05) is 34.3 Å². The number of para-hydroxylation sites is 1. The van der Waals surface area contributed by atoms with Gasteiger partial charge < -0.3 is 20.3 Å². The average Bonchev–Trinajstić information content (AvgIpc) is 3.04. The molecule has 9 heteroatoms. The monoisotopic (exact) mass is 487 g/mol. The molecule has 27 heavy (non-hydrogen) atoms. The summed E-state index contributed by atoms with van der Waals surface area (Å²) in [5, 5.41) is 10.8. The van der Waals surface area contributed by atoms with Crippen LogP contribution in [-0.4, -0.2) is 59.9 Å². The standard InChI is InChI=1S/C18H29N7O.HI/c1-6-19-18(21-12-17-22-13-23-25(17)4)20-11-15(24(2)3)14-9-7-8-10-16(14)26-5;/h7-10,13,15H,6,11-12H2,1-5H3,(H2,19,20,21);1H. The van der Waals surface area contributed by atoms with Crippen molar-refractivity contribution in [1.29, 1.82) is 0 Å². The lowest BCUT2D eigenvalue weighted by atomic mass is 10.0. The maximum atomic E-state index is 5.52. The van der Waals surface area contributed by atoms with E-state index in [4.69, 9.17) is 4.74 Å². The van der Waals surface area contributed by atoms with E-state index in [0.29, 0.717) is 13.1 Å². The highest BCUT2D eigenvalue weighted by Crippen LogP contribution is 2.27. The summed E-state index contributed by atoms with van der Waals surface area (Å²) >= 11 is 0. The minimum atomic E-state index is 0. The predicted octanol–water partition coefficient (Wildman–Crippen LogP) is 1.80. The number of aliphatic imine (C=N–C) groups is 1. The predicted molar refractivity (Wildman–Crippen MR) is 119 cm³/mol. The van der Waals surface area contributed by atoms with E-state index < -0.39 is 0 Å². The van der Waals surface area contributed by atoms with Crippen molar-refractivity contribution >= 4 is 29.9 Å². The Morgan fingerprint density at radius 3 is 2.63 bits per heavy atom. The van der Waals surface area contributed by atoms with Gasteiger partial charge in [0.1, 0.15) is 24.4 Å². The lowest BCUT2D eigenvalue weighted by Crippen LogP contribution is -2.41. The number of guanidine groups is 1. The molecule has 0 saturated carbocycles. The third kappa shape index (κ3) is 6.65. The fraction of sp³-hybridized carbons (Fsp3) is 0.500. The van der Waals surface area contributed by atoms with E-state index in [1.807, 2.05) is 32.2 Å². The van der Waals surface area contributed by atoms with Crippen LogP contribution in [0.25, 0.3) is 0 Å². The number of hydrogen-bond acceptors (Lipinski definition) is 5.